The lowest BCUT2D eigenvalue weighted by Gasteiger charge is -2.28. The van der Waals surface area contributed by atoms with Crippen molar-refractivity contribution in [2.75, 3.05) is 6.54 Å². The van der Waals surface area contributed by atoms with Gasteiger partial charge in [0.05, 0.1) is 5.75 Å². The fraction of sp³-hybridized carbons (Fsp3) is 0.556. The lowest BCUT2D eigenvalue weighted by molar-refractivity contribution is -0.149. The summed E-state index contributed by atoms with van der Waals surface area (Å²) in [7, 11) is -3.74. The van der Waals surface area contributed by atoms with Crippen LogP contribution < -0.4 is 4.72 Å². The van der Waals surface area contributed by atoms with Gasteiger partial charge in [-0.05, 0) is 30.7 Å². The first-order valence-corrected chi connectivity index (χ1v) is 10.4. The Morgan fingerprint density at radius 1 is 1.27 bits per heavy atom. The van der Waals surface area contributed by atoms with Crippen molar-refractivity contribution in [3.63, 3.8) is 0 Å². The molecule has 0 saturated carbocycles. The highest BCUT2D eigenvalue weighted by molar-refractivity contribution is 7.88. The molecule has 144 valence electrons. The molecular formula is C18H26N2O5S. The molecule has 0 bridgehead atoms. The van der Waals surface area contributed by atoms with Crippen LogP contribution in [0.25, 0.3) is 0 Å². The van der Waals surface area contributed by atoms with Crippen molar-refractivity contribution in [3.05, 3.63) is 35.9 Å². The normalized spacial score (nSPS) is 18.9. The highest BCUT2D eigenvalue weighted by atomic mass is 32.2. The highest BCUT2D eigenvalue weighted by Crippen LogP contribution is 2.21. The third-order valence-electron chi connectivity index (χ3n) is 4.35. The third kappa shape index (κ3) is 5.54. The molecule has 1 amide bonds. The van der Waals surface area contributed by atoms with Crippen molar-refractivity contribution >= 4 is 21.9 Å². The van der Waals surface area contributed by atoms with Crippen LogP contribution in [-0.2, 0) is 25.4 Å². The Hall–Kier alpha value is -1.93. The minimum Gasteiger partial charge on any atom is -0.480 e. The van der Waals surface area contributed by atoms with Crippen LogP contribution in [0.2, 0.25) is 0 Å². The first-order chi connectivity index (χ1) is 12.2. The topological polar surface area (TPSA) is 104 Å². The summed E-state index contributed by atoms with van der Waals surface area (Å²) in [6.45, 7) is 4.12. The fourth-order valence-electron chi connectivity index (χ4n) is 3.21. The number of aliphatic carboxylic acids is 1. The van der Waals surface area contributed by atoms with Gasteiger partial charge in [0, 0.05) is 6.54 Å². The lowest BCUT2D eigenvalue weighted by atomic mass is 10.0. The summed E-state index contributed by atoms with van der Waals surface area (Å²) in [6.07, 6.45) is 1.32. The highest BCUT2D eigenvalue weighted by Gasteiger charge is 2.38. The molecule has 1 fully saturated rings. The summed E-state index contributed by atoms with van der Waals surface area (Å²) in [5.74, 6) is -1.65. The van der Waals surface area contributed by atoms with E-state index in [1.165, 1.54) is 4.90 Å². The number of hydrogen-bond acceptors (Lipinski definition) is 4. The molecule has 2 N–H and O–H groups in total. The second kappa shape index (κ2) is 8.64. The summed E-state index contributed by atoms with van der Waals surface area (Å²) in [6, 6.07) is 6.89. The Labute approximate surface area is 154 Å². The van der Waals surface area contributed by atoms with Crippen molar-refractivity contribution in [1.29, 1.82) is 0 Å². The van der Waals surface area contributed by atoms with Crippen LogP contribution in [0.1, 0.15) is 38.7 Å². The van der Waals surface area contributed by atoms with Gasteiger partial charge < -0.3 is 10.0 Å². The number of carbonyl (C=O) groups excluding carboxylic acids is 1. The van der Waals surface area contributed by atoms with E-state index in [2.05, 4.69) is 4.72 Å². The zero-order chi connectivity index (χ0) is 19.3. The molecule has 1 saturated heterocycles. The maximum Gasteiger partial charge on any atom is 0.326 e. The number of carboxylic acids is 1. The molecule has 0 aliphatic carbocycles. The maximum absolute atomic E-state index is 12.9. The lowest BCUT2D eigenvalue weighted by Crippen LogP contribution is -2.52. The van der Waals surface area contributed by atoms with Crippen molar-refractivity contribution in [3.8, 4) is 0 Å². The first-order valence-electron chi connectivity index (χ1n) is 8.77. The molecule has 1 heterocycles. The van der Waals surface area contributed by atoms with Gasteiger partial charge in [0.1, 0.15) is 12.1 Å². The maximum atomic E-state index is 12.9. The number of nitrogens with one attached hydrogen (secondary N) is 1. The number of nitrogens with zero attached hydrogens (tertiary/aromatic N) is 1. The van der Waals surface area contributed by atoms with Gasteiger partial charge in [-0.15, -0.1) is 0 Å². The van der Waals surface area contributed by atoms with Crippen molar-refractivity contribution in [2.45, 2.75) is 50.9 Å². The third-order valence-corrected chi connectivity index (χ3v) is 5.70. The molecule has 1 aliphatic rings. The van der Waals surface area contributed by atoms with Crippen LogP contribution in [0.4, 0.5) is 0 Å². The van der Waals surface area contributed by atoms with E-state index in [1.807, 2.05) is 13.8 Å². The van der Waals surface area contributed by atoms with E-state index in [0.717, 1.165) is 0 Å². The van der Waals surface area contributed by atoms with Crippen molar-refractivity contribution < 1.29 is 23.1 Å². The van der Waals surface area contributed by atoms with Crippen LogP contribution in [0.5, 0.6) is 0 Å². The molecule has 8 heteroatoms. The van der Waals surface area contributed by atoms with E-state index < -0.39 is 34.0 Å². The average Bonchev–Trinajstić information content (AvgIpc) is 3.03. The zero-order valence-electron chi connectivity index (χ0n) is 15.1. The number of rotatable bonds is 8. The Kier molecular flexibility index (Phi) is 6.77. The van der Waals surface area contributed by atoms with Crippen molar-refractivity contribution in [2.24, 2.45) is 5.92 Å². The van der Waals surface area contributed by atoms with Crippen LogP contribution >= 0.6 is 0 Å². The zero-order valence-corrected chi connectivity index (χ0v) is 15.9. The number of amides is 1. The van der Waals surface area contributed by atoms with Gasteiger partial charge in [-0.25, -0.2) is 17.9 Å². The fourth-order valence-corrected chi connectivity index (χ4v) is 4.56. The van der Waals surface area contributed by atoms with Crippen LogP contribution in [0, 0.1) is 5.92 Å². The van der Waals surface area contributed by atoms with Gasteiger partial charge in [0.2, 0.25) is 15.9 Å². The quantitative estimate of drug-likeness (QED) is 0.711. The summed E-state index contributed by atoms with van der Waals surface area (Å²) < 4.78 is 27.6. The molecule has 0 aromatic heterocycles. The van der Waals surface area contributed by atoms with Gasteiger partial charge >= 0.3 is 5.97 Å². The number of likely N-dealkylation sites (tertiary alicyclic amines) is 1. The minimum atomic E-state index is -3.74. The number of carboxylic acid groups (broad SMARTS) is 1. The van der Waals surface area contributed by atoms with E-state index in [0.29, 0.717) is 31.4 Å². The van der Waals surface area contributed by atoms with E-state index in [4.69, 9.17) is 0 Å². The average molecular weight is 382 g/mol. The predicted molar refractivity (Wildman–Crippen MR) is 97.8 cm³/mol. The molecule has 7 nitrogen and oxygen atoms in total. The molecule has 2 atom stereocenters. The van der Waals surface area contributed by atoms with E-state index >= 15 is 0 Å². The Morgan fingerprint density at radius 3 is 2.50 bits per heavy atom. The summed E-state index contributed by atoms with van der Waals surface area (Å²) in [5, 5.41) is 9.29. The number of sulfonamides is 1. The molecule has 1 aromatic carbocycles. The molecule has 1 aromatic rings. The largest absolute Gasteiger partial charge is 0.480 e. The minimum absolute atomic E-state index is 0.0780. The molecular weight excluding hydrogens is 356 g/mol. The molecule has 1 aliphatic heterocycles. The van der Waals surface area contributed by atoms with Gasteiger partial charge in [-0.1, -0.05) is 44.2 Å². The van der Waals surface area contributed by atoms with Gasteiger partial charge in [0.25, 0.3) is 0 Å². The van der Waals surface area contributed by atoms with Crippen LogP contribution in [0.3, 0.4) is 0 Å². The van der Waals surface area contributed by atoms with Gasteiger partial charge in [-0.2, -0.15) is 0 Å². The molecule has 2 rings (SSSR count). The summed E-state index contributed by atoms with van der Waals surface area (Å²) in [5.41, 5.74) is 0.625. The molecule has 1 unspecified atom stereocenters. The molecule has 0 spiro atoms. The standard InChI is InChI=1S/C18H26N2O5S/c1-13(2)11-15(17(21)20-10-6-9-16(20)18(22)23)19-26(24,25)12-14-7-4-3-5-8-14/h3-5,7-8,13,15-16,19H,6,9-12H2,1-2H3,(H,22,23)/t15?,16-/m0/s1. The Bertz CT molecular complexity index is 733. The SMILES string of the molecule is CC(C)CC(NS(=O)(=O)Cc1ccccc1)C(=O)N1CCC[C@H]1C(=O)O. The number of benzene rings is 1. The van der Waals surface area contributed by atoms with Gasteiger partial charge in [-0.3, -0.25) is 4.79 Å². The summed E-state index contributed by atoms with van der Waals surface area (Å²) in [4.78, 5) is 25.5. The molecule has 26 heavy (non-hydrogen) atoms. The molecule has 0 radical (unpaired) electrons. The predicted octanol–water partition coefficient (Wildman–Crippen LogP) is 1.60. The van der Waals surface area contributed by atoms with E-state index in [1.54, 1.807) is 30.3 Å². The van der Waals surface area contributed by atoms with Crippen molar-refractivity contribution in [1.82, 2.24) is 9.62 Å². The van der Waals surface area contributed by atoms with Crippen LogP contribution in [0.15, 0.2) is 30.3 Å². The Balaban J connectivity index is 2.16. The Morgan fingerprint density at radius 2 is 1.92 bits per heavy atom. The monoisotopic (exact) mass is 382 g/mol. The first kappa shape index (κ1) is 20.4. The van der Waals surface area contributed by atoms with E-state index in [9.17, 15) is 23.1 Å². The van der Waals surface area contributed by atoms with E-state index in [-0.39, 0.29) is 11.7 Å². The number of hydrogen-bond donors (Lipinski definition) is 2. The smallest absolute Gasteiger partial charge is 0.326 e. The second-order valence-corrected chi connectivity index (χ2v) is 8.83. The van der Waals surface area contributed by atoms with Crippen LogP contribution in [-0.4, -0.2) is 48.9 Å². The second-order valence-electron chi connectivity index (χ2n) is 7.07. The van der Waals surface area contributed by atoms with Gasteiger partial charge in [0.15, 0.2) is 0 Å². The summed E-state index contributed by atoms with van der Waals surface area (Å²) >= 11 is 0. The number of carbonyl (C=O) groups is 2.